The van der Waals surface area contributed by atoms with E-state index in [1.165, 1.54) is 11.3 Å². The van der Waals surface area contributed by atoms with Crippen LogP contribution in [0.15, 0.2) is 36.5 Å². The third kappa shape index (κ3) is 4.49. The largest absolute Gasteiger partial charge is 0.471 e. The summed E-state index contributed by atoms with van der Waals surface area (Å²) in [5, 5.41) is 2.68. The molecule has 1 aliphatic carbocycles. The molecule has 0 bridgehead atoms. The van der Waals surface area contributed by atoms with Gasteiger partial charge in [0.2, 0.25) is 0 Å². The molecule has 1 amide bonds. The van der Waals surface area contributed by atoms with Crippen LogP contribution in [-0.2, 0) is 4.79 Å². The summed E-state index contributed by atoms with van der Waals surface area (Å²) in [7, 11) is 0. The third-order valence-corrected chi connectivity index (χ3v) is 5.50. The number of hydrogen-bond donors (Lipinski definition) is 1. The fraction of sp³-hybridized carbons (Fsp3) is 0.389. The lowest BCUT2D eigenvalue weighted by Crippen LogP contribution is -2.42. The van der Waals surface area contributed by atoms with Gasteiger partial charge in [-0.25, -0.2) is 4.98 Å². The molecule has 1 heterocycles. The highest BCUT2D eigenvalue weighted by atomic mass is 32.1. The molecule has 4 nitrogen and oxygen atoms in total. The Bertz CT molecular complexity index is 783. The van der Waals surface area contributed by atoms with E-state index in [9.17, 15) is 22.8 Å². The minimum absolute atomic E-state index is 0.000408. The molecule has 26 heavy (non-hydrogen) atoms. The number of thiazole rings is 1. The molecule has 0 spiro atoms. The number of ketones is 1. The Kier molecular flexibility index (Phi) is 5.41. The van der Waals surface area contributed by atoms with Crippen molar-refractivity contribution in [3.05, 3.63) is 41.4 Å². The lowest BCUT2D eigenvalue weighted by atomic mass is 9.72. The van der Waals surface area contributed by atoms with Gasteiger partial charge in [0.25, 0.3) is 0 Å². The molecule has 1 aromatic heterocycles. The minimum atomic E-state index is -4.85. The van der Waals surface area contributed by atoms with Crippen molar-refractivity contribution in [3.63, 3.8) is 0 Å². The van der Waals surface area contributed by atoms with Crippen LogP contribution in [0, 0.1) is 11.8 Å². The summed E-state index contributed by atoms with van der Waals surface area (Å²) < 4.78 is 36.4. The Labute approximate surface area is 152 Å². The number of rotatable bonds is 6. The van der Waals surface area contributed by atoms with Crippen LogP contribution in [0.4, 0.5) is 13.2 Å². The predicted octanol–water partition coefficient (Wildman–Crippen LogP) is 4.09. The van der Waals surface area contributed by atoms with Crippen LogP contribution < -0.4 is 5.32 Å². The SMILES string of the molecule is O=C(CC1CC(CNC(=O)C(F)(F)F)C1)c1cnc(-c2ccccc2)s1. The van der Waals surface area contributed by atoms with Crippen LogP contribution in [0.1, 0.15) is 28.9 Å². The summed E-state index contributed by atoms with van der Waals surface area (Å²) in [6.07, 6.45) is -1.61. The molecule has 1 aliphatic rings. The number of nitrogens with one attached hydrogen (secondary N) is 1. The molecular formula is C18H17F3N2O2S. The summed E-state index contributed by atoms with van der Waals surface area (Å²) >= 11 is 1.35. The van der Waals surface area contributed by atoms with E-state index in [0.29, 0.717) is 24.1 Å². The maximum Gasteiger partial charge on any atom is 0.471 e. The number of alkyl halides is 3. The van der Waals surface area contributed by atoms with Crippen LogP contribution in [0.25, 0.3) is 10.6 Å². The molecule has 0 aliphatic heterocycles. The maximum atomic E-state index is 12.3. The van der Waals surface area contributed by atoms with E-state index in [4.69, 9.17) is 0 Å². The average molecular weight is 382 g/mol. The Hall–Kier alpha value is -2.22. The van der Waals surface area contributed by atoms with Gasteiger partial charge in [0, 0.05) is 24.7 Å². The maximum absolute atomic E-state index is 12.3. The van der Waals surface area contributed by atoms with E-state index >= 15 is 0 Å². The number of hydrogen-bond acceptors (Lipinski definition) is 4. The Morgan fingerprint density at radius 1 is 1.15 bits per heavy atom. The highest BCUT2D eigenvalue weighted by Gasteiger charge is 2.39. The van der Waals surface area contributed by atoms with E-state index in [1.54, 1.807) is 6.20 Å². The summed E-state index contributed by atoms with van der Waals surface area (Å²) in [6.45, 7) is 0.00173. The fourth-order valence-corrected chi connectivity index (χ4v) is 3.89. The van der Waals surface area contributed by atoms with Crippen molar-refractivity contribution in [2.24, 2.45) is 11.8 Å². The number of amides is 1. The van der Waals surface area contributed by atoms with E-state index < -0.39 is 12.1 Å². The lowest BCUT2D eigenvalue weighted by Gasteiger charge is -2.35. The van der Waals surface area contributed by atoms with Gasteiger partial charge in [-0.3, -0.25) is 9.59 Å². The summed E-state index contributed by atoms with van der Waals surface area (Å²) in [5.74, 6) is -1.75. The van der Waals surface area contributed by atoms with Gasteiger partial charge in [-0.1, -0.05) is 30.3 Å². The molecule has 1 N–H and O–H groups in total. The molecule has 3 rings (SSSR count). The second kappa shape index (κ2) is 7.57. The summed E-state index contributed by atoms with van der Waals surface area (Å²) in [6, 6.07) is 9.58. The van der Waals surface area contributed by atoms with Crippen molar-refractivity contribution in [3.8, 4) is 10.6 Å². The van der Waals surface area contributed by atoms with Crippen LogP contribution in [0.3, 0.4) is 0 Å². The molecule has 0 atom stereocenters. The van der Waals surface area contributed by atoms with E-state index in [0.717, 1.165) is 10.6 Å². The minimum Gasteiger partial charge on any atom is -0.348 e. The molecule has 138 valence electrons. The number of benzene rings is 1. The molecule has 2 aromatic rings. The van der Waals surface area contributed by atoms with Gasteiger partial charge in [0.05, 0.1) is 4.88 Å². The molecule has 1 saturated carbocycles. The first kappa shape index (κ1) is 18.6. The number of carbonyl (C=O) groups excluding carboxylic acids is 2. The van der Waals surface area contributed by atoms with Crippen LogP contribution in [0.5, 0.6) is 0 Å². The van der Waals surface area contributed by atoms with Crippen LogP contribution >= 0.6 is 11.3 Å². The predicted molar refractivity (Wildman–Crippen MR) is 91.8 cm³/mol. The van der Waals surface area contributed by atoms with Crippen LogP contribution in [-0.4, -0.2) is 29.4 Å². The first-order valence-corrected chi connectivity index (χ1v) is 9.04. The first-order chi connectivity index (χ1) is 12.3. The number of Topliss-reactive ketones (excluding diaryl/α,β-unsaturated/α-hetero) is 1. The van der Waals surface area contributed by atoms with Gasteiger partial charge >= 0.3 is 12.1 Å². The fourth-order valence-electron chi connectivity index (χ4n) is 3.02. The van der Waals surface area contributed by atoms with Crippen LogP contribution in [0.2, 0.25) is 0 Å². The molecule has 0 unspecified atom stereocenters. The number of aromatic nitrogens is 1. The molecule has 1 aromatic carbocycles. The lowest BCUT2D eigenvalue weighted by molar-refractivity contribution is -0.173. The topological polar surface area (TPSA) is 59.1 Å². The zero-order valence-corrected chi connectivity index (χ0v) is 14.6. The van der Waals surface area contributed by atoms with Gasteiger partial charge < -0.3 is 5.32 Å². The van der Waals surface area contributed by atoms with E-state index in [2.05, 4.69) is 4.98 Å². The highest BCUT2D eigenvalue weighted by Crippen LogP contribution is 2.37. The number of halogens is 3. The molecule has 8 heteroatoms. The average Bonchev–Trinajstić information content (AvgIpc) is 3.06. The number of carbonyl (C=O) groups is 2. The standard InChI is InChI=1S/C18H17F3N2O2S/c19-18(20,21)17(25)23-9-12-6-11(7-12)8-14(24)15-10-22-16(26-15)13-4-2-1-3-5-13/h1-5,10-12H,6-9H2,(H,23,25). The zero-order chi connectivity index (χ0) is 18.7. The first-order valence-electron chi connectivity index (χ1n) is 8.22. The molecule has 0 radical (unpaired) electrons. The second-order valence-corrected chi connectivity index (χ2v) is 7.46. The van der Waals surface area contributed by atoms with Crippen molar-refractivity contribution < 1.29 is 22.8 Å². The monoisotopic (exact) mass is 382 g/mol. The molecular weight excluding hydrogens is 365 g/mol. The van der Waals surface area contributed by atoms with E-state index in [1.807, 2.05) is 35.6 Å². The Morgan fingerprint density at radius 3 is 2.50 bits per heavy atom. The smallest absolute Gasteiger partial charge is 0.348 e. The summed E-state index contributed by atoms with van der Waals surface area (Å²) in [4.78, 5) is 28.0. The van der Waals surface area contributed by atoms with Gasteiger partial charge in [-0.2, -0.15) is 13.2 Å². The van der Waals surface area contributed by atoms with Gasteiger partial charge in [-0.15, -0.1) is 11.3 Å². The van der Waals surface area contributed by atoms with Crippen molar-refractivity contribution in [2.45, 2.75) is 25.4 Å². The second-order valence-electron chi connectivity index (χ2n) is 6.43. The summed E-state index contributed by atoms with van der Waals surface area (Å²) in [5.41, 5.74) is 0.959. The Balaban J connectivity index is 1.44. The molecule has 0 saturated heterocycles. The molecule has 1 fully saturated rings. The Morgan fingerprint density at radius 2 is 1.85 bits per heavy atom. The quantitative estimate of drug-likeness (QED) is 0.766. The third-order valence-electron chi connectivity index (χ3n) is 4.42. The van der Waals surface area contributed by atoms with Crippen molar-refractivity contribution in [2.75, 3.05) is 6.54 Å². The van der Waals surface area contributed by atoms with Gasteiger partial charge in [0.1, 0.15) is 5.01 Å². The number of nitrogens with zero attached hydrogens (tertiary/aromatic N) is 1. The van der Waals surface area contributed by atoms with Crippen molar-refractivity contribution in [1.29, 1.82) is 0 Å². The van der Waals surface area contributed by atoms with Crippen molar-refractivity contribution >= 4 is 23.0 Å². The van der Waals surface area contributed by atoms with Gasteiger partial charge in [0.15, 0.2) is 5.78 Å². The van der Waals surface area contributed by atoms with E-state index in [-0.39, 0.29) is 24.2 Å². The van der Waals surface area contributed by atoms with Gasteiger partial charge in [-0.05, 0) is 24.7 Å². The zero-order valence-electron chi connectivity index (χ0n) is 13.8. The van der Waals surface area contributed by atoms with Crippen molar-refractivity contribution in [1.82, 2.24) is 10.3 Å². The normalized spacial score (nSPS) is 19.7. The highest BCUT2D eigenvalue weighted by molar-refractivity contribution is 7.16.